The fourth-order valence-corrected chi connectivity index (χ4v) is 3.66. The molecule has 0 amide bonds. The van der Waals surface area contributed by atoms with Crippen LogP contribution in [0.15, 0.2) is 29.2 Å². The third kappa shape index (κ3) is 6.51. The van der Waals surface area contributed by atoms with E-state index in [0.29, 0.717) is 17.4 Å². The van der Waals surface area contributed by atoms with Crippen molar-refractivity contribution >= 4 is 15.5 Å². The lowest BCUT2D eigenvalue weighted by Crippen LogP contribution is -2.15. The van der Waals surface area contributed by atoms with Gasteiger partial charge in [-0.05, 0) is 49.9 Å². The highest BCUT2D eigenvalue weighted by atomic mass is 32.2. The van der Waals surface area contributed by atoms with E-state index < -0.39 is 9.84 Å². The van der Waals surface area contributed by atoms with Gasteiger partial charge in [-0.25, -0.2) is 8.42 Å². The summed E-state index contributed by atoms with van der Waals surface area (Å²) in [7, 11) is -3.11. The van der Waals surface area contributed by atoms with Gasteiger partial charge in [-0.2, -0.15) is 0 Å². The highest BCUT2D eigenvalue weighted by Gasteiger charge is 2.12. The van der Waals surface area contributed by atoms with Crippen LogP contribution in [0.2, 0.25) is 0 Å². The minimum Gasteiger partial charge on any atom is -0.383 e. The molecule has 4 heteroatoms. The summed E-state index contributed by atoms with van der Waals surface area (Å²) in [6, 6.07) is 7.53. The predicted molar refractivity (Wildman–Crippen MR) is 90.6 cm³/mol. The van der Waals surface area contributed by atoms with E-state index in [1.54, 1.807) is 12.1 Å². The molecule has 120 valence electrons. The Morgan fingerprint density at radius 3 is 2.19 bits per heavy atom. The van der Waals surface area contributed by atoms with E-state index in [1.807, 2.05) is 19.1 Å². The van der Waals surface area contributed by atoms with Gasteiger partial charge in [-0.15, -0.1) is 0 Å². The van der Waals surface area contributed by atoms with Crippen molar-refractivity contribution in [3.63, 3.8) is 0 Å². The van der Waals surface area contributed by atoms with Gasteiger partial charge in [0.1, 0.15) is 0 Å². The van der Waals surface area contributed by atoms with E-state index in [0.717, 1.165) is 18.0 Å². The molecule has 0 saturated heterocycles. The second-order valence-corrected chi connectivity index (χ2v) is 8.32. The van der Waals surface area contributed by atoms with Gasteiger partial charge < -0.3 is 5.32 Å². The molecule has 1 unspecified atom stereocenters. The summed E-state index contributed by atoms with van der Waals surface area (Å²) in [5.41, 5.74) is 0.988. The zero-order valence-corrected chi connectivity index (χ0v) is 14.5. The lowest BCUT2D eigenvalue weighted by molar-refractivity contribution is 0.520. The average molecular weight is 311 g/mol. The fraction of sp³-hybridized carbons (Fsp3) is 0.647. The Balaban J connectivity index is 2.55. The van der Waals surface area contributed by atoms with Crippen LogP contribution >= 0.6 is 0 Å². The average Bonchev–Trinajstić information content (AvgIpc) is 2.38. The van der Waals surface area contributed by atoms with E-state index in [-0.39, 0.29) is 5.75 Å². The summed E-state index contributed by atoms with van der Waals surface area (Å²) in [6.07, 6.45) is 4.25. The van der Waals surface area contributed by atoms with E-state index >= 15 is 0 Å². The normalized spacial score (nSPS) is 13.4. The number of sulfone groups is 1. The Labute approximate surface area is 130 Å². The number of hydrogen-bond donors (Lipinski definition) is 1. The third-order valence-corrected chi connectivity index (χ3v) is 5.45. The zero-order chi connectivity index (χ0) is 15.9. The van der Waals surface area contributed by atoms with Crippen LogP contribution in [0.1, 0.15) is 53.4 Å². The molecule has 0 fully saturated rings. The van der Waals surface area contributed by atoms with Crippen LogP contribution in [0, 0.1) is 5.92 Å². The predicted octanol–water partition coefficient (Wildman–Crippen LogP) is 4.50. The minimum atomic E-state index is -3.11. The number of anilines is 1. The number of rotatable bonds is 9. The van der Waals surface area contributed by atoms with Crippen LogP contribution < -0.4 is 5.32 Å². The molecule has 21 heavy (non-hydrogen) atoms. The molecule has 0 aliphatic carbocycles. The van der Waals surface area contributed by atoms with Crippen molar-refractivity contribution in [2.24, 2.45) is 5.92 Å². The van der Waals surface area contributed by atoms with Crippen LogP contribution in [0.25, 0.3) is 0 Å². The van der Waals surface area contributed by atoms with Crippen LogP contribution in [0.5, 0.6) is 0 Å². The summed E-state index contributed by atoms with van der Waals surface area (Å²) in [6.45, 7) is 8.54. The standard InChI is InChI=1S/C17H29NO2S/c1-5-13-21(19,20)17-11-9-16(10-12-17)18-15(4)8-6-7-14(2)3/h9-12,14-15,18H,5-8,13H2,1-4H3. The first-order valence-corrected chi connectivity index (χ1v) is 9.59. The van der Waals surface area contributed by atoms with Gasteiger partial charge in [0.2, 0.25) is 0 Å². The van der Waals surface area contributed by atoms with Crippen molar-refractivity contribution < 1.29 is 8.42 Å². The first kappa shape index (κ1) is 18.0. The van der Waals surface area contributed by atoms with Crippen molar-refractivity contribution in [1.29, 1.82) is 0 Å². The summed E-state index contributed by atoms with van der Waals surface area (Å²) in [4.78, 5) is 0.419. The Hall–Kier alpha value is -1.03. The van der Waals surface area contributed by atoms with Crippen molar-refractivity contribution in [3.05, 3.63) is 24.3 Å². The molecule has 0 radical (unpaired) electrons. The van der Waals surface area contributed by atoms with Crippen molar-refractivity contribution in [2.75, 3.05) is 11.1 Å². The van der Waals surface area contributed by atoms with E-state index in [4.69, 9.17) is 0 Å². The molecule has 1 N–H and O–H groups in total. The van der Waals surface area contributed by atoms with Crippen LogP contribution in [0.3, 0.4) is 0 Å². The Kier molecular flexibility index (Phi) is 7.23. The lowest BCUT2D eigenvalue weighted by atomic mass is 10.0. The Morgan fingerprint density at radius 2 is 1.67 bits per heavy atom. The number of benzene rings is 1. The largest absolute Gasteiger partial charge is 0.383 e. The van der Waals surface area contributed by atoms with E-state index in [9.17, 15) is 8.42 Å². The van der Waals surface area contributed by atoms with Crippen molar-refractivity contribution in [3.8, 4) is 0 Å². The van der Waals surface area contributed by atoms with Gasteiger partial charge in [-0.3, -0.25) is 0 Å². The highest BCUT2D eigenvalue weighted by Crippen LogP contribution is 2.18. The van der Waals surface area contributed by atoms with Crippen LogP contribution in [-0.4, -0.2) is 20.2 Å². The Morgan fingerprint density at radius 1 is 1.05 bits per heavy atom. The molecule has 0 saturated carbocycles. The molecule has 0 aliphatic rings. The molecular formula is C17H29NO2S. The van der Waals surface area contributed by atoms with Gasteiger partial charge in [-0.1, -0.05) is 33.6 Å². The maximum atomic E-state index is 12.0. The molecular weight excluding hydrogens is 282 g/mol. The second kappa shape index (κ2) is 8.42. The summed E-state index contributed by atoms with van der Waals surface area (Å²) in [5.74, 6) is 0.964. The number of hydrogen-bond acceptors (Lipinski definition) is 3. The summed E-state index contributed by atoms with van der Waals surface area (Å²) in [5, 5.41) is 3.43. The Bertz CT molecular complexity index is 506. The maximum Gasteiger partial charge on any atom is 0.178 e. The fourth-order valence-electron chi connectivity index (χ4n) is 2.33. The topological polar surface area (TPSA) is 46.2 Å². The lowest BCUT2D eigenvalue weighted by Gasteiger charge is -2.16. The van der Waals surface area contributed by atoms with Crippen molar-refractivity contribution in [2.45, 2.75) is 64.3 Å². The van der Waals surface area contributed by atoms with Gasteiger partial charge in [0.15, 0.2) is 9.84 Å². The summed E-state index contributed by atoms with van der Waals surface area (Å²) >= 11 is 0. The molecule has 3 nitrogen and oxygen atoms in total. The smallest absolute Gasteiger partial charge is 0.178 e. The SMILES string of the molecule is CCCS(=O)(=O)c1ccc(NC(C)CCCC(C)C)cc1. The third-order valence-electron chi connectivity index (χ3n) is 3.52. The highest BCUT2D eigenvalue weighted by molar-refractivity contribution is 7.91. The van der Waals surface area contributed by atoms with Gasteiger partial charge >= 0.3 is 0 Å². The molecule has 0 spiro atoms. The van der Waals surface area contributed by atoms with Gasteiger partial charge in [0.05, 0.1) is 10.6 Å². The first-order chi connectivity index (χ1) is 9.85. The zero-order valence-electron chi connectivity index (χ0n) is 13.7. The molecule has 0 aromatic heterocycles. The molecule has 1 aromatic carbocycles. The number of nitrogens with one attached hydrogen (secondary N) is 1. The second-order valence-electron chi connectivity index (χ2n) is 6.21. The van der Waals surface area contributed by atoms with Crippen LogP contribution in [-0.2, 0) is 9.84 Å². The molecule has 0 bridgehead atoms. The van der Waals surface area contributed by atoms with E-state index in [1.165, 1.54) is 12.8 Å². The van der Waals surface area contributed by atoms with Gasteiger partial charge in [0, 0.05) is 11.7 Å². The summed E-state index contributed by atoms with van der Waals surface area (Å²) < 4.78 is 23.9. The monoisotopic (exact) mass is 311 g/mol. The molecule has 0 aliphatic heterocycles. The van der Waals surface area contributed by atoms with Crippen molar-refractivity contribution in [1.82, 2.24) is 0 Å². The quantitative estimate of drug-likeness (QED) is 0.730. The molecule has 1 atom stereocenters. The van der Waals surface area contributed by atoms with E-state index in [2.05, 4.69) is 26.1 Å². The van der Waals surface area contributed by atoms with Gasteiger partial charge in [0.25, 0.3) is 0 Å². The maximum absolute atomic E-state index is 12.0. The first-order valence-electron chi connectivity index (χ1n) is 7.94. The molecule has 1 aromatic rings. The molecule has 0 heterocycles. The molecule has 1 rings (SSSR count). The minimum absolute atomic E-state index is 0.214. The van der Waals surface area contributed by atoms with Crippen LogP contribution in [0.4, 0.5) is 5.69 Å².